The predicted molar refractivity (Wildman–Crippen MR) is 132 cm³/mol. The van der Waals surface area contributed by atoms with Crippen molar-refractivity contribution >= 4 is 45.6 Å². The molecule has 0 radical (unpaired) electrons. The molecule has 2 N–H and O–H groups in total. The Kier molecular flexibility index (Phi) is 9.69. The van der Waals surface area contributed by atoms with Crippen LogP contribution in [-0.4, -0.2) is 46.8 Å². The third-order valence-corrected chi connectivity index (χ3v) is 4.18. The number of amides is 2. The minimum atomic E-state index is -1.31. The van der Waals surface area contributed by atoms with E-state index in [-0.39, 0.29) is 11.3 Å². The number of anilines is 1. The van der Waals surface area contributed by atoms with Gasteiger partial charge in [0.05, 0.1) is 5.69 Å². The molecule has 9 nitrogen and oxygen atoms in total. The van der Waals surface area contributed by atoms with Gasteiger partial charge in [0.1, 0.15) is 22.8 Å². The molecular weight excluding hydrogens is 508 g/mol. The Labute approximate surface area is 209 Å². The molecular formula is C24H35BrN2O7. The lowest BCUT2D eigenvalue weighted by Crippen LogP contribution is -2.47. The molecule has 10 heteroatoms. The Balaban J connectivity index is 3.19. The van der Waals surface area contributed by atoms with E-state index >= 15 is 0 Å². The summed E-state index contributed by atoms with van der Waals surface area (Å²) in [5.74, 6) is -1.30. The Bertz CT molecular complexity index is 925. The lowest BCUT2D eigenvalue weighted by Gasteiger charge is -2.26. The van der Waals surface area contributed by atoms with Gasteiger partial charge >= 0.3 is 18.2 Å². The number of carbonyl (C=O) groups is 4. The largest absolute Gasteiger partial charge is 0.458 e. The van der Waals surface area contributed by atoms with Crippen LogP contribution < -0.4 is 10.6 Å². The number of nitrogens with one attached hydrogen (secondary N) is 2. The molecule has 0 aliphatic rings. The van der Waals surface area contributed by atoms with Crippen molar-refractivity contribution in [2.75, 3.05) is 5.32 Å². The normalized spacial score (nSPS) is 12.9. The van der Waals surface area contributed by atoms with E-state index in [1.165, 1.54) is 12.1 Å². The summed E-state index contributed by atoms with van der Waals surface area (Å²) < 4.78 is 16.4. The van der Waals surface area contributed by atoms with Crippen LogP contribution in [0.2, 0.25) is 0 Å². The Morgan fingerprint density at radius 2 is 1.32 bits per heavy atom. The number of hydrogen-bond acceptors (Lipinski definition) is 7. The molecule has 0 aromatic heterocycles. The summed E-state index contributed by atoms with van der Waals surface area (Å²) in [6.45, 7) is 15.2. The Morgan fingerprint density at radius 3 is 1.82 bits per heavy atom. The topological polar surface area (TPSA) is 120 Å². The average Bonchev–Trinajstić information content (AvgIpc) is 2.57. The first-order valence-electron chi connectivity index (χ1n) is 10.8. The molecule has 0 saturated heterocycles. The molecule has 190 valence electrons. The maximum Gasteiger partial charge on any atom is 0.412 e. The summed E-state index contributed by atoms with van der Waals surface area (Å²) in [4.78, 5) is 50.6. The third-order valence-electron chi connectivity index (χ3n) is 3.69. The average molecular weight is 543 g/mol. The maximum absolute atomic E-state index is 13.2. The van der Waals surface area contributed by atoms with Crippen LogP contribution in [0, 0.1) is 0 Å². The number of carbonyl (C=O) groups excluding carboxylic acids is 4. The zero-order valence-electron chi connectivity index (χ0n) is 21.3. The van der Waals surface area contributed by atoms with Crippen molar-refractivity contribution in [2.45, 2.75) is 91.6 Å². The van der Waals surface area contributed by atoms with Crippen LogP contribution >= 0.6 is 15.9 Å². The first kappa shape index (κ1) is 29.4. The van der Waals surface area contributed by atoms with E-state index in [0.717, 1.165) is 0 Å². The highest BCUT2D eigenvalue weighted by atomic mass is 79.9. The van der Waals surface area contributed by atoms with Crippen molar-refractivity contribution in [2.24, 2.45) is 0 Å². The van der Waals surface area contributed by atoms with Crippen LogP contribution in [0.3, 0.4) is 0 Å². The number of ether oxygens (including phenoxy) is 3. The highest BCUT2D eigenvalue weighted by molar-refractivity contribution is 9.10. The van der Waals surface area contributed by atoms with Crippen LogP contribution in [0.25, 0.3) is 0 Å². The van der Waals surface area contributed by atoms with Crippen molar-refractivity contribution in [1.82, 2.24) is 5.32 Å². The van der Waals surface area contributed by atoms with Crippen molar-refractivity contribution in [3.05, 3.63) is 28.2 Å². The van der Waals surface area contributed by atoms with Crippen molar-refractivity contribution in [3.8, 4) is 0 Å². The highest BCUT2D eigenvalue weighted by Crippen LogP contribution is 2.24. The molecule has 1 rings (SSSR count). The molecule has 0 heterocycles. The molecule has 0 saturated carbocycles. The van der Waals surface area contributed by atoms with E-state index in [1.807, 2.05) is 0 Å². The van der Waals surface area contributed by atoms with E-state index in [4.69, 9.17) is 14.2 Å². The number of halogens is 1. The SMILES string of the molecule is CC(C)(C)OC(=O)Nc1ccc(Br)cc1C(=O)C[C@H](NC(=O)OC(C)(C)C)C(=O)OC(C)(C)C. The zero-order valence-corrected chi connectivity index (χ0v) is 22.8. The fourth-order valence-electron chi connectivity index (χ4n) is 2.58. The first-order valence-corrected chi connectivity index (χ1v) is 11.6. The molecule has 1 aromatic rings. The monoisotopic (exact) mass is 542 g/mol. The minimum Gasteiger partial charge on any atom is -0.458 e. The molecule has 34 heavy (non-hydrogen) atoms. The fourth-order valence-corrected chi connectivity index (χ4v) is 2.94. The van der Waals surface area contributed by atoms with Gasteiger partial charge in [-0.3, -0.25) is 10.1 Å². The molecule has 0 fully saturated rings. The smallest absolute Gasteiger partial charge is 0.412 e. The third kappa shape index (κ3) is 11.5. The van der Waals surface area contributed by atoms with Crippen molar-refractivity contribution in [1.29, 1.82) is 0 Å². The second-order valence-electron chi connectivity index (χ2n) is 10.7. The number of rotatable bonds is 6. The van der Waals surface area contributed by atoms with Gasteiger partial charge in [-0.15, -0.1) is 0 Å². The maximum atomic E-state index is 13.2. The highest BCUT2D eigenvalue weighted by Gasteiger charge is 2.31. The molecule has 0 spiro atoms. The second-order valence-corrected chi connectivity index (χ2v) is 11.6. The van der Waals surface area contributed by atoms with Gasteiger partial charge in [0.25, 0.3) is 0 Å². The lowest BCUT2D eigenvalue weighted by atomic mass is 10.0. The van der Waals surface area contributed by atoms with E-state index in [0.29, 0.717) is 4.47 Å². The molecule has 2 amide bonds. The molecule has 0 aliphatic carbocycles. The van der Waals surface area contributed by atoms with Gasteiger partial charge in [0.2, 0.25) is 0 Å². The summed E-state index contributed by atoms with van der Waals surface area (Å²) in [5.41, 5.74) is -2.06. The van der Waals surface area contributed by atoms with Crippen molar-refractivity contribution in [3.63, 3.8) is 0 Å². The first-order chi connectivity index (χ1) is 15.3. The number of esters is 1. The predicted octanol–water partition coefficient (Wildman–Crippen LogP) is 5.60. The van der Waals surface area contributed by atoms with Gasteiger partial charge in [-0.2, -0.15) is 0 Å². The zero-order chi connectivity index (χ0) is 26.5. The van der Waals surface area contributed by atoms with E-state index in [2.05, 4.69) is 26.6 Å². The summed E-state index contributed by atoms with van der Waals surface area (Å²) in [7, 11) is 0. The van der Waals surface area contributed by atoms with Gasteiger partial charge in [0.15, 0.2) is 5.78 Å². The summed E-state index contributed by atoms with van der Waals surface area (Å²) in [6.07, 6.45) is -2.02. The van der Waals surface area contributed by atoms with E-state index in [1.54, 1.807) is 68.4 Å². The molecule has 0 unspecified atom stereocenters. The second kappa shape index (κ2) is 11.2. The van der Waals surface area contributed by atoms with Gasteiger partial charge in [-0.05, 0) is 80.5 Å². The number of Topliss-reactive ketones (excluding diaryl/α,β-unsaturated/α-hetero) is 1. The van der Waals surface area contributed by atoms with Crippen LogP contribution in [-0.2, 0) is 19.0 Å². The molecule has 0 bridgehead atoms. The number of benzene rings is 1. The van der Waals surface area contributed by atoms with Crippen LogP contribution in [0.4, 0.5) is 15.3 Å². The van der Waals surface area contributed by atoms with Gasteiger partial charge < -0.3 is 19.5 Å². The summed E-state index contributed by atoms with van der Waals surface area (Å²) >= 11 is 3.31. The molecule has 1 aromatic carbocycles. The lowest BCUT2D eigenvalue weighted by molar-refractivity contribution is -0.157. The van der Waals surface area contributed by atoms with Crippen molar-refractivity contribution < 1.29 is 33.4 Å². The van der Waals surface area contributed by atoms with Crippen LogP contribution in [0.5, 0.6) is 0 Å². The number of alkyl carbamates (subject to hydrolysis) is 1. The van der Waals surface area contributed by atoms with Gasteiger partial charge in [-0.1, -0.05) is 15.9 Å². The quantitative estimate of drug-likeness (QED) is 0.272. The van der Waals surface area contributed by atoms with Crippen LogP contribution in [0.15, 0.2) is 22.7 Å². The summed E-state index contributed by atoms with van der Waals surface area (Å²) in [6, 6.07) is 3.38. The Morgan fingerprint density at radius 1 is 0.824 bits per heavy atom. The van der Waals surface area contributed by atoms with E-state index in [9.17, 15) is 19.2 Å². The minimum absolute atomic E-state index is 0.125. The standard InChI is InChI=1S/C24H35BrN2O7/c1-22(2,3)32-19(29)17(27-21(31)34-24(7,8)9)13-18(28)15-12-14(25)10-11-16(15)26-20(30)33-23(4,5)6/h10-12,17H,13H2,1-9H3,(H,26,30)(H,27,31)/t17-/m0/s1. The summed E-state index contributed by atoms with van der Waals surface area (Å²) in [5, 5.41) is 4.98. The fraction of sp³-hybridized carbons (Fsp3) is 0.583. The van der Waals surface area contributed by atoms with E-state index < -0.39 is 53.2 Å². The molecule has 0 aliphatic heterocycles. The van der Waals surface area contributed by atoms with Gasteiger partial charge in [-0.25, -0.2) is 14.4 Å². The van der Waals surface area contributed by atoms with Crippen LogP contribution in [0.1, 0.15) is 79.1 Å². The Hall–Kier alpha value is -2.62. The number of ketones is 1. The number of hydrogen-bond donors (Lipinski definition) is 2. The van der Waals surface area contributed by atoms with Gasteiger partial charge in [0, 0.05) is 16.5 Å². The molecule has 1 atom stereocenters.